The maximum atomic E-state index is 14.6. The molecular weight excluding hydrogens is 669 g/mol. The third-order valence-corrected chi connectivity index (χ3v) is 9.96. The van der Waals surface area contributed by atoms with Gasteiger partial charge in [0.2, 0.25) is 11.8 Å². The van der Waals surface area contributed by atoms with E-state index in [-0.39, 0.29) is 23.8 Å². The van der Waals surface area contributed by atoms with E-state index in [0.717, 1.165) is 15.4 Å². The number of carbonyl (C=O) groups excluding carboxylic acids is 2. The standard InChI is InChI=1S/C37H41Cl2N3O5S/c1-6-47-30-17-19-31(20-18-30)48(45,46)42(29-15-12-26(2)13-16-29)25-35(43)41(24-28-14-21-32(38)33(39)22-28)34(36(44)40-37(3,4)5)23-27-10-8-7-9-11-27/h7-22,34H,6,23-25H2,1-5H3,(H,40,44)/t34-/m1/s1. The van der Waals surface area contributed by atoms with Crippen molar-refractivity contribution in [3.63, 3.8) is 0 Å². The third-order valence-electron chi connectivity index (χ3n) is 7.43. The van der Waals surface area contributed by atoms with E-state index in [1.165, 1.54) is 17.0 Å². The number of benzene rings is 4. The quantitative estimate of drug-likeness (QED) is 0.156. The first-order valence-corrected chi connectivity index (χ1v) is 17.8. The van der Waals surface area contributed by atoms with Crippen LogP contribution in [0, 0.1) is 6.92 Å². The molecule has 0 spiro atoms. The molecule has 4 aromatic carbocycles. The molecule has 0 saturated carbocycles. The van der Waals surface area contributed by atoms with Crippen LogP contribution in [0.15, 0.2) is 102 Å². The fourth-order valence-electron chi connectivity index (χ4n) is 5.08. The molecule has 11 heteroatoms. The Balaban J connectivity index is 1.82. The molecule has 2 amide bonds. The monoisotopic (exact) mass is 709 g/mol. The molecular formula is C37H41Cl2N3O5S. The maximum absolute atomic E-state index is 14.6. The lowest BCUT2D eigenvalue weighted by atomic mass is 10.0. The van der Waals surface area contributed by atoms with Gasteiger partial charge in [0.05, 0.1) is 27.2 Å². The van der Waals surface area contributed by atoms with Gasteiger partial charge < -0.3 is 15.0 Å². The first-order chi connectivity index (χ1) is 22.7. The van der Waals surface area contributed by atoms with Crippen molar-refractivity contribution in [3.8, 4) is 5.75 Å². The fourth-order valence-corrected chi connectivity index (χ4v) is 6.82. The summed E-state index contributed by atoms with van der Waals surface area (Å²) in [5.41, 5.74) is 2.07. The number of carbonyl (C=O) groups is 2. The summed E-state index contributed by atoms with van der Waals surface area (Å²) < 4.78 is 35.1. The summed E-state index contributed by atoms with van der Waals surface area (Å²) in [6.07, 6.45) is 0.186. The minimum atomic E-state index is -4.25. The number of aryl methyl sites for hydroxylation is 1. The highest BCUT2D eigenvalue weighted by Crippen LogP contribution is 2.28. The number of nitrogens with zero attached hydrogens (tertiary/aromatic N) is 2. The highest BCUT2D eigenvalue weighted by molar-refractivity contribution is 7.92. The lowest BCUT2D eigenvalue weighted by Gasteiger charge is -2.35. The Hall–Kier alpha value is -4.05. The molecule has 8 nitrogen and oxygen atoms in total. The van der Waals surface area contributed by atoms with Crippen molar-refractivity contribution >= 4 is 50.7 Å². The third kappa shape index (κ3) is 9.75. The molecule has 0 aromatic heterocycles. The fraction of sp³-hybridized carbons (Fsp3) is 0.297. The molecule has 0 aliphatic heterocycles. The lowest BCUT2D eigenvalue weighted by molar-refractivity contribution is -0.140. The van der Waals surface area contributed by atoms with Gasteiger partial charge in [-0.3, -0.25) is 13.9 Å². The van der Waals surface area contributed by atoms with Gasteiger partial charge in [-0.25, -0.2) is 8.42 Å². The molecule has 0 heterocycles. The van der Waals surface area contributed by atoms with E-state index in [0.29, 0.717) is 33.7 Å². The van der Waals surface area contributed by atoms with Crippen LogP contribution in [-0.2, 0) is 32.6 Å². The zero-order valence-corrected chi connectivity index (χ0v) is 30.1. The molecule has 0 radical (unpaired) electrons. The van der Waals surface area contributed by atoms with Gasteiger partial charge in [-0.2, -0.15) is 0 Å². The van der Waals surface area contributed by atoms with Crippen LogP contribution < -0.4 is 14.4 Å². The van der Waals surface area contributed by atoms with Crippen LogP contribution in [0.3, 0.4) is 0 Å². The van der Waals surface area contributed by atoms with E-state index in [9.17, 15) is 18.0 Å². The van der Waals surface area contributed by atoms with E-state index < -0.39 is 34.1 Å². The Morgan fingerprint density at radius 2 is 1.50 bits per heavy atom. The summed E-state index contributed by atoms with van der Waals surface area (Å²) in [7, 11) is -4.25. The zero-order valence-electron chi connectivity index (χ0n) is 27.7. The Bertz CT molecular complexity index is 1810. The van der Waals surface area contributed by atoms with Gasteiger partial charge >= 0.3 is 0 Å². The van der Waals surface area contributed by atoms with E-state index in [1.807, 2.05) is 65.0 Å². The number of rotatable bonds is 13. The van der Waals surface area contributed by atoms with Gasteiger partial charge in [-0.05, 0) is 94.3 Å². The number of hydrogen-bond donors (Lipinski definition) is 1. The predicted octanol–water partition coefficient (Wildman–Crippen LogP) is 7.45. The van der Waals surface area contributed by atoms with Crippen LogP contribution in [0.25, 0.3) is 0 Å². The van der Waals surface area contributed by atoms with Crippen LogP contribution in [0.5, 0.6) is 5.75 Å². The van der Waals surface area contributed by atoms with Crippen molar-refractivity contribution < 1.29 is 22.7 Å². The number of sulfonamides is 1. The van der Waals surface area contributed by atoms with Crippen molar-refractivity contribution in [2.75, 3.05) is 17.5 Å². The predicted molar refractivity (Wildman–Crippen MR) is 192 cm³/mol. The summed E-state index contributed by atoms with van der Waals surface area (Å²) in [4.78, 5) is 30.1. The minimum Gasteiger partial charge on any atom is -0.494 e. The van der Waals surface area contributed by atoms with Gasteiger partial charge in [0, 0.05) is 18.5 Å². The van der Waals surface area contributed by atoms with Crippen LogP contribution in [0.1, 0.15) is 44.4 Å². The molecule has 0 saturated heterocycles. The van der Waals surface area contributed by atoms with E-state index in [4.69, 9.17) is 27.9 Å². The number of hydrogen-bond acceptors (Lipinski definition) is 5. The van der Waals surface area contributed by atoms with Crippen molar-refractivity contribution in [3.05, 3.63) is 124 Å². The van der Waals surface area contributed by atoms with Gasteiger partial charge in [-0.15, -0.1) is 0 Å². The van der Waals surface area contributed by atoms with Gasteiger partial charge in [0.15, 0.2) is 0 Å². The summed E-state index contributed by atoms with van der Waals surface area (Å²) in [5, 5.41) is 3.66. The Morgan fingerprint density at radius 1 is 0.854 bits per heavy atom. The molecule has 4 rings (SSSR count). The topological polar surface area (TPSA) is 96.0 Å². The second kappa shape index (κ2) is 15.9. The van der Waals surface area contributed by atoms with Crippen LogP contribution in [0.4, 0.5) is 5.69 Å². The zero-order chi connectivity index (χ0) is 35.1. The van der Waals surface area contributed by atoms with Crippen molar-refractivity contribution in [1.29, 1.82) is 0 Å². The van der Waals surface area contributed by atoms with E-state index in [1.54, 1.807) is 54.6 Å². The maximum Gasteiger partial charge on any atom is 0.264 e. The molecule has 0 bridgehead atoms. The average molecular weight is 711 g/mol. The van der Waals surface area contributed by atoms with Crippen molar-refractivity contribution in [2.45, 2.75) is 64.1 Å². The summed E-state index contributed by atoms with van der Waals surface area (Å²) in [6.45, 7) is 9.13. The summed E-state index contributed by atoms with van der Waals surface area (Å²) in [5.74, 6) is -0.437. The SMILES string of the molecule is CCOc1ccc(S(=O)(=O)N(CC(=O)N(Cc2ccc(Cl)c(Cl)c2)[C@H](Cc2ccccc2)C(=O)NC(C)(C)C)c2ccc(C)cc2)cc1. The summed E-state index contributed by atoms with van der Waals surface area (Å²) >= 11 is 12.6. The minimum absolute atomic E-state index is 0.0123. The Kier molecular flexibility index (Phi) is 12.2. The molecule has 0 fully saturated rings. The van der Waals surface area contributed by atoms with Crippen LogP contribution in [-0.4, -0.2) is 49.9 Å². The first kappa shape index (κ1) is 36.8. The smallest absolute Gasteiger partial charge is 0.264 e. The molecule has 0 unspecified atom stereocenters. The number of amides is 2. The van der Waals surface area contributed by atoms with E-state index in [2.05, 4.69) is 5.32 Å². The van der Waals surface area contributed by atoms with Crippen LogP contribution >= 0.6 is 23.2 Å². The Morgan fingerprint density at radius 3 is 2.08 bits per heavy atom. The van der Waals surface area contributed by atoms with Gasteiger partial charge in [-0.1, -0.05) is 77.3 Å². The number of ether oxygens (including phenoxy) is 1. The highest BCUT2D eigenvalue weighted by Gasteiger charge is 2.35. The molecule has 1 atom stereocenters. The van der Waals surface area contributed by atoms with Crippen LogP contribution in [0.2, 0.25) is 10.0 Å². The average Bonchev–Trinajstić information content (AvgIpc) is 3.03. The molecule has 48 heavy (non-hydrogen) atoms. The number of halogens is 2. The largest absolute Gasteiger partial charge is 0.494 e. The second-order valence-corrected chi connectivity index (χ2v) is 15.1. The Labute approximate surface area is 293 Å². The molecule has 0 aliphatic rings. The normalized spacial score (nSPS) is 12.2. The lowest BCUT2D eigenvalue weighted by Crippen LogP contribution is -2.56. The van der Waals surface area contributed by atoms with Crippen molar-refractivity contribution in [1.82, 2.24) is 10.2 Å². The van der Waals surface area contributed by atoms with Gasteiger partial charge in [0.25, 0.3) is 10.0 Å². The number of nitrogens with one attached hydrogen (secondary N) is 1. The molecule has 0 aliphatic carbocycles. The van der Waals surface area contributed by atoms with Gasteiger partial charge in [0.1, 0.15) is 18.3 Å². The molecule has 254 valence electrons. The van der Waals surface area contributed by atoms with E-state index >= 15 is 0 Å². The summed E-state index contributed by atoms with van der Waals surface area (Å²) in [6, 6.07) is 26.3. The molecule has 1 N–H and O–H groups in total. The highest BCUT2D eigenvalue weighted by atomic mass is 35.5. The second-order valence-electron chi connectivity index (χ2n) is 12.5. The number of anilines is 1. The van der Waals surface area contributed by atoms with Crippen molar-refractivity contribution in [2.24, 2.45) is 0 Å². The molecule has 4 aromatic rings. The first-order valence-electron chi connectivity index (χ1n) is 15.6.